The quantitative estimate of drug-likeness (QED) is 0.662. The number of aryl methyl sites for hydroxylation is 1. The number of nitrogens with one attached hydrogen (secondary N) is 1. The van der Waals surface area contributed by atoms with Crippen LogP contribution in [0.4, 0.5) is 0 Å². The van der Waals surface area contributed by atoms with Gasteiger partial charge in [-0.1, -0.05) is 56.7 Å². The van der Waals surface area contributed by atoms with Crippen LogP contribution in [0.25, 0.3) is 0 Å². The molecule has 0 radical (unpaired) electrons. The summed E-state index contributed by atoms with van der Waals surface area (Å²) in [5, 5.41) is 3.09. The third-order valence-electron chi connectivity index (χ3n) is 3.99. The van der Waals surface area contributed by atoms with Crippen LogP contribution in [0.2, 0.25) is 0 Å². The van der Waals surface area contributed by atoms with E-state index in [4.69, 9.17) is 0 Å². The van der Waals surface area contributed by atoms with Crippen LogP contribution in [-0.2, 0) is 5.41 Å². The first-order valence-corrected chi connectivity index (χ1v) is 8.94. The number of benzene rings is 2. The predicted octanol–water partition coefficient (Wildman–Crippen LogP) is 5.39. The van der Waals surface area contributed by atoms with Gasteiger partial charge in [-0.25, -0.2) is 0 Å². The molecule has 0 aromatic heterocycles. The van der Waals surface area contributed by atoms with Crippen LogP contribution in [0.1, 0.15) is 60.8 Å². The summed E-state index contributed by atoms with van der Waals surface area (Å²) in [6, 6.07) is 14.4. The zero-order valence-electron chi connectivity index (χ0n) is 14.4. The molecule has 1 amide bonds. The minimum absolute atomic E-state index is 0.0198. The molecule has 1 atom stereocenters. The second kappa shape index (κ2) is 7.04. The number of hydrogen-bond acceptors (Lipinski definition) is 1. The SMILES string of the molecule is Cc1ccc(C(=O)N[C@H](C)c2ccc(C(C)(C)C)cc2)c(I)c1. The lowest BCUT2D eigenvalue weighted by Gasteiger charge is -2.21. The van der Waals surface area contributed by atoms with Gasteiger partial charge in [-0.05, 0) is 65.1 Å². The highest BCUT2D eigenvalue weighted by Crippen LogP contribution is 2.24. The Morgan fingerprint density at radius 3 is 2.22 bits per heavy atom. The predicted molar refractivity (Wildman–Crippen MR) is 105 cm³/mol. The summed E-state index contributed by atoms with van der Waals surface area (Å²) >= 11 is 2.21. The lowest BCUT2D eigenvalue weighted by molar-refractivity contribution is 0.0939. The highest BCUT2D eigenvalue weighted by molar-refractivity contribution is 14.1. The highest BCUT2D eigenvalue weighted by atomic mass is 127. The molecule has 0 heterocycles. The topological polar surface area (TPSA) is 29.1 Å². The van der Waals surface area contributed by atoms with Gasteiger partial charge in [0.2, 0.25) is 0 Å². The molecule has 3 heteroatoms. The molecule has 0 saturated heterocycles. The zero-order valence-corrected chi connectivity index (χ0v) is 16.6. The number of rotatable bonds is 3. The molecule has 122 valence electrons. The molecule has 0 fully saturated rings. The summed E-state index contributed by atoms with van der Waals surface area (Å²) in [5.41, 5.74) is 4.45. The Balaban J connectivity index is 2.12. The Labute approximate surface area is 152 Å². The maximum Gasteiger partial charge on any atom is 0.252 e. The second-order valence-corrected chi connectivity index (χ2v) is 8.21. The third kappa shape index (κ3) is 4.56. The van der Waals surface area contributed by atoms with Gasteiger partial charge in [0.15, 0.2) is 0 Å². The van der Waals surface area contributed by atoms with Crippen LogP contribution in [0, 0.1) is 10.5 Å². The van der Waals surface area contributed by atoms with E-state index in [1.54, 1.807) is 0 Å². The van der Waals surface area contributed by atoms with Crippen molar-refractivity contribution >= 4 is 28.5 Å². The van der Waals surface area contributed by atoms with Crippen LogP contribution < -0.4 is 5.32 Å². The van der Waals surface area contributed by atoms with Crippen molar-refractivity contribution in [2.75, 3.05) is 0 Å². The molecule has 0 unspecified atom stereocenters. The molecule has 0 aliphatic carbocycles. The van der Waals surface area contributed by atoms with E-state index in [9.17, 15) is 4.79 Å². The lowest BCUT2D eigenvalue weighted by Crippen LogP contribution is -2.27. The molecule has 0 bridgehead atoms. The van der Waals surface area contributed by atoms with Crippen molar-refractivity contribution < 1.29 is 4.79 Å². The Morgan fingerprint density at radius 2 is 1.70 bits per heavy atom. The first-order chi connectivity index (χ1) is 10.7. The van der Waals surface area contributed by atoms with Crippen LogP contribution >= 0.6 is 22.6 Å². The number of halogens is 1. The van der Waals surface area contributed by atoms with E-state index < -0.39 is 0 Å². The van der Waals surface area contributed by atoms with Gasteiger partial charge in [0.05, 0.1) is 11.6 Å². The van der Waals surface area contributed by atoms with Gasteiger partial charge in [-0.15, -0.1) is 0 Å². The summed E-state index contributed by atoms with van der Waals surface area (Å²) < 4.78 is 0.982. The minimum atomic E-state index is -0.0261. The van der Waals surface area contributed by atoms with Gasteiger partial charge in [0.1, 0.15) is 0 Å². The zero-order chi connectivity index (χ0) is 17.2. The fraction of sp³-hybridized carbons (Fsp3) is 0.350. The monoisotopic (exact) mass is 421 g/mol. The molecule has 2 nitrogen and oxygen atoms in total. The smallest absolute Gasteiger partial charge is 0.252 e. The van der Waals surface area contributed by atoms with E-state index >= 15 is 0 Å². The molecule has 1 N–H and O–H groups in total. The van der Waals surface area contributed by atoms with Gasteiger partial charge < -0.3 is 5.32 Å². The van der Waals surface area contributed by atoms with Gasteiger partial charge in [0, 0.05) is 3.57 Å². The summed E-state index contributed by atoms with van der Waals surface area (Å²) in [6.45, 7) is 10.7. The summed E-state index contributed by atoms with van der Waals surface area (Å²) in [5.74, 6) is -0.0261. The number of amides is 1. The number of carbonyl (C=O) groups excluding carboxylic acids is 1. The van der Waals surface area contributed by atoms with E-state index in [1.807, 2.05) is 32.0 Å². The summed E-state index contributed by atoms with van der Waals surface area (Å²) in [6.07, 6.45) is 0. The normalized spacial score (nSPS) is 12.8. The molecule has 2 rings (SSSR count). The molecule has 2 aromatic carbocycles. The van der Waals surface area contributed by atoms with Crippen molar-refractivity contribution in [1.29, 1.82) is 0 Å². The fourth-order valence-corrected chi connectivity index (χ4v) is 3.35. The molecule has 0 saturated carbocycles. The largest absolute Gasteiger partial charge is 0.345 e. The molecule has 0 spiro atoms. The molecule has 0 aliphatic heterocycles. The summed E-state index contributed by atoms with van der Waals surface area (Å²) in [4.78, 5) is 12.5. The van der Waals surface area contributed by atoms with Gasteiger partial charge >= 0.3 is 0 Å². The van der Waals surface area contributed by atoms with Gasteiger partial charge in [-0.2, -0.15) is 0 Å². The molecule has 0 aliphatic rings. The standard InChI is InChI=1S/C20H24INO/c1-13-6-11-17(18(21)12-13)19(23)22-14(2)15-7-9-16(10-8-15)20(3,4)5/h6-12,14H,1-5H3,(H,22,23)/t14-/m1/s1. The van der Waals surface area contributed by atoms with Gasteiger partial charge in [0.25, 0.3) is 5.91 Å². The Bertz CT molecular complexity index is 699. The maximum absolute atomic E-state index is 12.5. The van der Waals surface area contributed by atoms with E-state index in [-0.39, 0.29) is 17.4 Å². The lowest BCUT2D eigenvalue weighted by atomic mass is 9.86. The number of hydrogen-bond donors (Lipinski definition) is 1. The highest BCUT2D eigenvalue weighted by Gasteiger charge is 2.16. The van der Waals surface area contributed by atoms with Crippen molar-refractivity contribution in [3.8, 4) is 0 Å². The Morgan fingerprint density at radius 1 is 1.09 bits per heavy atom. The Hall–Kier alpha value is -1.36. The molecule has 2 aromatic rings. The van der Waals surface area contributed by atoms with Crippen LogP contribution in [-0.4, -0.2) is 5.91 Å². The average molecular weight is 421 g/mol. The van der Waals surface area contributed by atoms with E-state index in [0.717, 1.165) is 20.3 Å². The molecule has 23 heavy (non-hydrogen) atoms. The van der Waals surface area contributed by atoms with Crippen molar-refractivity contribution in [2.24, 2.45) is 0 Å². The van der Waals surface area contributed by atoms with Gasteiger partial charge in [-0.3, -0.25) is 4.79 Å². The number of carbonyl (C=O) groups is 1. The van der Waals surface area contributed by atoms with E-state index in [2.05, 4.69) is 72.9 Å². The van der Waals surface area contributed by atoms with Crippen molar-refractivity contribution in [2.45, 2.75) is 46.1 Å². The van der Waals surface area contributed by atoms with Crippen LogP contribution in [0.3, 0.4) is 0 Å². The third-order valence-corrected chi connectivity index (χ3v) is 4.89. The van der Waals surface area contributed by atoms with Crippen molar-refractivity contribution in [1.82, 2.24) is 5.32 Å². The van der Waals surface area contributed by atoms with Crippen molar-refractivity contribution in [3.63, 3.8) is 0 Å². The minimum Gasteiger partial charge on any atom is -0.345 e. The Kier molecular flexibility index (Phi) is 5.50. The second-order valence-electron chi connectivity index (χ2n) is 7.05. The maximum atomic E-state index is 12.5. The van der Waals surface area contributed by atoms with Crippen LogP contribution in [0.15, 0.2) is 42.5 Å². The molecular weight excluding hydrogens is 397 g/mol. The first kappa shape index (κ1) is 18.0. The van der Waals surface area contributed by atoms with Crippen LogP contribution in [0.5, 0.6) is 0 Å². The molecular formula is C20H24INO. The van der Waals surface area contributed by atoms with Crippen molar-refractivity contribution in [3.05, 3.63) is 68.3 Å². The van der Waals surface area contributed by atoms with E-state index in [1.165, 1.54) is 5.56 Å². The summed E-state index contributed by atoms with van der Waals surface area (Å²) in [7, 11) is 0. The van der Waals surface area contributed by atoms with E-state index in [0.29, 0.717) is 0 Å². The fourth-order valence-electron chi connectivity index (χ4n) is 2.43. The average Bonchev–Trinajstić information content (AvgIpc) is 2.46. The first-order valence-electron chi connectivity index (χ1n) is 7.86.